The molecule has 1 heterocycles. The van der Waals surface area contributed by atoms with Crippen molar-refractivity contribution in [2.45, 2.75) is 13.0 Å². The van der Waals surface area contributed by atoms with Crippen molar-refractivity contribution < 1.29 is 4.74 Å². The minimum Gasteiger partial charge on any atom is -0.476 e. The van der Waals surface area contributed by atoms with E-state index in [1.165, 1.54) is 5.56 Å². The predicted molar refractivity (Wildman–Crippen MR) is 65.8 cm³/mol. The third kappa shape index (κ3) is 4.16. The molecular formula is C12H21N3O. The van der Waals surface area contributed by atoms with E-state index in [0.717, 1.165) is 6.54 Å². The Morgan fingerprint density at radius 1 is 1.50 bits per heavy atom. The Balaban J connectivity index is 2.54. The topological polar surface area (TPSA) is 37.4 Å². The molecule has 1 aromatic heterocycles. The number of likely N-dealkylation sites (N-methyl/N-ethyl adjacent to an activating group) is 1. The van der Waals surface area contributed by atoms with Crippen LogP contribution in [0, 0.1) is 0 Å². The molecule has 0 aromatic carbocycles. The maximum absolute atomic E-state index is 5.57. The average molecular weight is 223 g/mol. The molecule has 90 valence electrons. The third-order valence-electron chi connectivity index (χ3n) is 2.48. The van der Waals surface area contributed by atoms with Crippen LogP contribution in [0.4, 0.5) is 0 Å². The lowest BCUT2D eigenvalue weighted by Gasteiger charge is -2.13. The van der Waals surface area contributed by atoms with Crippen LogP contribution in [0.25, 0.3) is 0 Å². The van der Waals surface area contributed by atoms with E-state index in [1.54, 1.807) is 6.20 Å². The van der Waals surface area contributed by atoms with Gasteiger partial charge in [0.1, 0.15) is 6.61 Å². The number of hydrogen-bond acceptors (Lipinski definition) is 4. The van der Waals surface area contributed by atoms with Gasteiger partial charge in [-0.3, -0.25) is 0 Å². The molecule has 0 radical (unpaired) electrons. The van der Waals surface area contributed by atoms with Crippen molar-refractivity contribution in [2.75, 3.05) is 34.3 Å². The summed E-state index contributed by atoms with van der Waals surface area (Å²) < 4.78 is 5.57. The van der Waals surface area contributed by atoms with Gasteiger partial charge < -0.3 is 15.0 Å². The molecule has 0 aliphatic carbocycles. The highest BCUT2D eigenvalue weighted by Crippen LogP contribution is 2.15. The lowest BCUT2D eigenvalue weighted by Crippen LogP contribution is -2.20. The van der Waals surface area contributed by atoms with Gasteiger partial charge >= 0.3 is 0 Å². The van der Waals surface area contributed by atoms with E-state index in [-0.39, 0.29) is 0 Å². The van der Waals surface area contributed by atoms with E-state index in [9.17, 15) is 0 Å². The van der Waals surface area contributed by atoms with Gasteiger partial charge in [0.15, 0.2) is 0 Å². The van der Waals surface area contributed by atoms with Crippen LogP contribution in [0.2, 0.25) is 0 Å². The van der Waals surface area contributed by atoms with E-state index in [2.05, 4.69) is 22.1 Å². The Kier molecular flexibility index (Phi) is 5.22. The molecule has 16 heavy (non-hydrogen) atoms. The zero-order valence-electron chi connectivity index (χ0n) is 10.5. The normalized spacial score (nSPS) is 12.8. The van der Waals surface area contributed by atoms with Crippen LogP contribution < -0.4 is 10.1 Å². The molecule has 0 fully saturated rings. The van der Waals surface area contributed by atoms with Crippen LogP contribution in [-0.2, 0) is 0 Å². The molecule has 0 saturated heterocycles. The molecule has 0 amide bonds. The third-order valence-corrected chi connectivity index (χ3v) is 2.48. The summed E-state index contributed by atoms with van der Waals surface area (Å²) in [6.07, 6.45) is 1.79. The molecule has 0 aliphatic rings. The first-order valence-electron chi connectivity index (χ1n) is 5.54. The summed E-state index contributed by atoms with van der Waals surface area (Å²) in [4.78, 5) is 6.27. The molecule has 1 atom stereocenters. The van der Waals surface area contributed by atoms with Gasteiger partial charge in [-0.05, 0) is 39.7 Å². The molecule has 4 nitrogen and oxygen atoms in total. The second kappa shape index (κ2) is 6.45. The number of rotatable bonds is 6. The Morgan fingerprint density at radius 3 is 2.88 bits per heavy atom. The lowest BCUT2D eigenvalue weighted by atomic mass is 10.1. The summed E-state index contributed by atoms with van der Waals surface area (Å²) in [6, 6.07) is 4.30. The Bertz CT molecular complexity index is 315. The number of hydrogen-bond donors (Lipinski definition) is 1. The highest BCUT2D eigenvalue weighted by molar-refractivity contribution is 5.23. The maximum atomic E-state index is 5.57. The highest BCUT2D eigenvalue weighted by atomic mass is 16.5. The van der Waals surface area contributed by atoms with Gasteiger partial charge in [0.05, 0.1) is 0 Å². The minimum absolute atomic E-state index is 0.319. The van der Waals surface area contributed by atoms with Crippen molar-refractivity contribution in [1.82, 2.24) is 15.2 Å². The van der Waals surface area contributed by atoms with Crippen LogP contribution >= 0.6 is 0 Å². The van der Waals surface area contributed by atoms with Crippen molar-refractivity contribution in [3.63, 3.8) is 0 Å². The predicted octanol–water partition coefficient (Wildman–Crippen LogP) is 1.30. The molecule has 1 N–H and O–H groups in total. The van der Waals surface area contributed by atoms with Crippen LogP contribution in [0.3, 0.4) is 0 Å². The quantitative estimate of drug-likeness (QED) is 0.789. The van der Waals surface area contributed by atoms with Gasteiger partial charge in [0.2, 0.25) is 5.88 Å². The smallest absolute Gasteiger partial charge is 0.213 e. The van der Waals surface area contributed by atoms with E-state index >= 15 is 0 Å². The van der Waals surface area contributed by atoms with E-state index in [4.69, 9.17) is 4.74 Å². The number of nitrogens with zero attached hydrogens (tertiary/aromatic N) is 2. The van der Waals surface area contributed by atoms with E-state index in [1.807, 2.05) is 33.3 Å². The van der Waals surface area contributed by atoms with E-state index in [0.29, 0.717) is 18.5 Å². The lowest BCUT2D eigenvalue weighted by molar-refractivity contribution is 0.253. The fraction of sp³-hybridized carbons (Fsp3) is 0.583. The highest BCUT2D eigenvalue weighted by Gasteiger charge is 2.04. The first-order chi connectivity index (χ1) is 7.63. The zero-order valence-corrected chi connectivity index (χ0v) is 10.5. The Morgan fingerprint density at radius 2 is 2.25 bits per heavy atom. The summed E-state index contributed by atoms with van der Waals surface area (Å²) in [5.41, 5.74) is 1.19. The SMILES string of the molecule is CNC(C)c1ccnc(OCCN(C)C)c1. The van der Waals surface area contributed by atoms with Gasteiger partial charge in [0.25, 0.3) is 0 Å². The van der Waals surface area contributed by atoms with E-state index < -0.39 is 0 Å². The minimum atomic E-state index is 0.319. The van der Waals surface area contributed by atoms with Crippen molar-refractivity contribution in [1.29, 1.82) is 0 Å². The van der Waals surface area contributed by atoms with Gasteiger partial charge in [-0.2, -0.15) is 0 Å². The van der Waals surface area contributed by atoms with Crippen molar-refractivity contribution >= 4 is 0 Å². The van der Waals surface area contributed by atoms with Gasteiger partial charge in [-0.1, -0.05) is 0 Å². The number of nitrogens with one attached hydrogen (secondary N) is 1. The fourth-order valence-electron chi connectivity index (χ4n) is 1.27. The standard InChI is InChI=1S/C12H21N3O/c1-10(13-2)11-5-6-14-12(9-11)16-8-7-15(3)4/h5-6,9-10,13H,7-8H2,1-4H3. The van der Waals surface area contributed by atoms with Crippen LogP contribution in [0.15, 0.2) is 18.3 Å². The summed E-state index contributed by atoms with van der Waals surface area (Å²) >= 11 is 0. The number of pyridine rings is 1. The van der Waals surface area contributed by atoms with Crippen LogP contribution in [0.1, 0.15) is 18.5 Å². The first kappa shape index (κ1) is 12.9. The van der Waals surface area contributed by atoms with Gasteiger partial charge in [-0.25, -0.2) is 4.98 Å². The fourth-order valence-corrected chi connectivity index (χ4v) is 1.27. The molecular weight excluding hydrogens is 202 g/mol. The molecule has 0 aliphatic heterocycles. The number of ether oxygens (including phenoxy) is 1. The average Bonchev–Trinajstić information content (AvgIpc) is 2.28. The molecule has 0 spiro atoms. The summed E-state index contributed by atoms with van der Waals surface area (Å²) in [6.45, 7) is 3.67. The molecule has 4 heteroatoms. The molecule has 1 aromatic rings. The zero-order chi connectivity index (χ0) is 12.0. The monoisotopic (exact) mass is 223 g/mol. The van der Waals surface area contributed by atoms with Crippen molar-refractivity contribution in [3.05, 3.63) is 23.9 Å². The van der Waals surface area contributed by atoms with Crippen LogP contribution in [-0.4, -0.2) is 44.2 Å². The van der Waals surface area contributed by atoms with Crippen molar-refractivity contribution in [3.8, 4) is 5.88 Å². The second-order valence-electron chi connectivity index (χ2n) is 4.09. The number of aromatic nitrogens is 1. The van der Waals surface area contributed by atoms with Crippen LogP contribution in [0.5, 0.6) is 5.88 Å². The first-order valence-corrected chi connectivity index (χ1v) is 5.54. The van der Waals surface area contributed by atoms with Crippen molar-refractivity contribution in [2.24, 2.45) is 0 Å². The summed E-state index contributed by atoms with van der Waals surface area (Å²) in [7, 11) is 5.99. The Labute approximate surface area is 97.6 Å². The van der Waals surface area contributed by atoms with Gasteiger partial charge in [-0.15, -0.1) is 0 Å². The second-order valence-corrected chi connectivity index (χ2v) is 4.09. The summed E-state index contributed by atoms with van der Waals surface area (Å²) in [5.74, 6) is 0.696. The molecule has 1 unspecified atom stereocenters. The largest absolute Gasteiger partial charge is 0.476 e. The molecule has 0 bridgehead atoms. The molecule has 0 saturated carbocycles. The molecule has 1 rings (SSSR count). The van der Waals surface area contributed by atoms with Gasteiger partial charge in [0, 0.05) is 24.8 Å². The summed E-state index contributed by atoms with van der Waals surface area (Å²) in [5, 5.41) is 3.19. The Hall–Kier alpha value is -1.13. The maximum Gasteiger partial charge on any atom is 0.213 e.